The van der Waals surface area contributed by atoms with Gasteiger partial charge in [-0.25, -0.2) is 0 Å². The molecule has 1 aromatic carbocycles. The molecule has 0 saturated heterocycles. The first-order chi connectivity index (χ1) is 10.1. The molecule has 0 aliphatic rings. The molecule has 6 heteroatoms. The maximum absolute atomic E-state index is 11.7. The number of rotatable bonds is 8. The molecule has 0 aliphatic carbocycles. The fourth-order valence-electron chi connectivity index (χ4n) is 1.82. The molecular formula is C15H22N2O4. The highest BCUT2D eigenvalue weighted by Crippen LogP contribution is 2.27. The fourth-order valence-corrected chi connectivity index (χ4v) is 1.82. The van der Waals surface area contributed by atoms with E-state index in [0.29, 0.717) is 37.4 Å². The Hall–Kier alpha value is -2.24. The van der Waals surface area contributed by atoms with Crippen LogP contribution in [-0.4, -0.2) is 39.1 Å². The Labute approximate surface area is 124 Å². The van der Waals surface area contributed by atoms with E-state index < -0.39 is 0 Å². The summed E-state index contributed by atoms with van der Waals surface area (Å²) in [6.07, 6.45) is 1.00. The van der Waals surface area contributed by atoms with Crippen molar-refractivity contribution in [2.45, 2.75) is 19.8 Å². The van der Waals surface area contributed by atoms with Crippen molar-refractivity contribution in [3.8, 4) is 11.5 Å². The molecule has 0 fully saturated rings. The zero-order valence-corrected chi connectivity index (χ0v) is 12.7. The molecular weight excluding hydrogens is 272 g/mol. The second-order valence-electron chi connectivity index (χ2n) is 4.52. The molecule has 2 N–H and O–H groups in total. The minimum Gasteiger partial charge on any atom is -0.493 e. The van der Waals surface area contributed by atoms with Crippen LogP contribution < -0.4 is 20.1 Å². The number of aryl methyl sites for hydroxylation is 1. The average molecular weight is 294 g/mol. The van der Waals surface area contributed by atoms with E-state index in [4.69, 9.17) is 9.47 Å². The second-order valence-corrected chi connectivity index (χ2v) is 4.52. The van der Waals surface area contributed by atoms with Crippen LogP contribution in [0.5, 0.6) is 11.5 Å². The molecule has 21 heavy (non-hydrogen) atoms. The first-order valence-corrected chi connectivity index (χ1v) is 6.79. The number of amides is 2. The van der Waals surface area contributed by atoms with Crippen molar-refractivity contribution in [3.05, 3.63) is 23.8 Å². The molecule has 0 bridgehead atoms. The number of benzene rings is 1. The third-order valence-corrected chi connectivity index (χ3v) is 2.91. The molecule has 0 saturated carbocycles. The van der Waals surface area contributed by atoms with Crippen LogP contribution in [0.15, 0.2) is 18.2 Å². The maximum Gasteiger partial charge on any atom is 0.220 e. The van der Waals surface area contributed by atoms with E-state index >= 15 is 0 Å². The first kappa shape index (κ1) is 16.8. The highest BCUT2D eigenvalue weighted by Gasteiger charge is 2.06. The van der Waals surface area contributed by atoms with Crippen molar-refractivity contribution >= 4 is 11.8 Å². The lowest BCUT2D eigenvalue weighted by molar-refractivity contribution is -0.122. The third kappa shape index (κ3) is 6.16. The van der Waals surface area contributed by atoms with Gasteiger partial charge >= 0.3 is 0 Å². The Kier molecular flexibility index (Phi) is 7.08. The van der Waals surface area contributed by atoms with E-state index in [1.807, 2.05) is 18.2 Å². The Balaban J connectivity index is 2.37. The van der Waals surface area contributed by atoms with Gasteiger partial charge in [-0.2, -0.15) is 0 Å². The first-order valence-electron chi connectivity index (χ1n) is 6.79. The van der Waals surface area contributed by atoms with Crippen molar-refractivity contribution in [1.82, 2.24) is 10.6 Å². The van der Waals surface area contributed by atoms with E-state index in [0.717, 1.165) is 5.56 Å². The van der Waals surface area contributed by atoms with Crippen molar-refractivity contribution in [2.24, 2.45) is 0 Å². The molecule has 0 atom stereocenters. The number of hydrogen-bond acceptors (Lipinski definition) is 4. The van der Waals surface area contributed by atoms with Gasteiger partial charge in [0, 0.05) is 26.4 Å². The molecule has 116 valence electrons. The summed E-state index contributed by atoms with van der Waals surface area (Å²) in [5, 5.41) is 5.37. The highest BCUT2D eigenvalue weighted by atomic mass is 16.5. The van der Waals surface area contributed by atoms with Crippen molar-refractivity contribution < 1.29 is 19.1 Å². The summed E-state index contributed by atoms with van der Waals surface area (Å²) in [6, 6.07) is 5.60. The lowest BCUT2D eigenvalue weighted by Crippen LogP contribution is -2.33. The van der Waals surface area contributed by atoms with E-state index in [-0.39, 0.29) is 11.8 Å². The lowest BCUT2D eigenvalue weighted by atomic mass is 10.1. The van der Waals surface area contributed by atoms with Gasteiger partial charge in [0.05, 0.1) is 14.2 Å². The van der Waals surface area contributed by atoms with Gasteiger partial charge in [-0.15, -0.1) is 0 Å². The Morgan fingerprint density at radius 3 is 2.33 bits per heavy atom. The largest absolute Gasteiger partial charge is 0.493 e. The number of carbonyl (C=O) groups is 2. The van der Waals surface area contributed by atoms with Crippen LogP contribution in [0, 0.1) is 0 Å². The van der Waals surface area contributed by atoms with E-state index in [9.17, 15) is 9.59 Å². The van der Waals surface area contributed by atoms with E-state index in [1.54, 1.807) is 14.2 Å². The van der Waals surface area contributed by atoms with Gasteiger partial charge in [0.1, 0.15) is 0 Å². The maximum atomic E-state index is 11.7. The number of methoxy groups -OCH3 is 2. The summed E-state index contributed by atoms with van der Waals surface area (Å²) in [7, 11) is 3.16. The monoisotopic (exact) mass is 294 g/mol. The zero-order valence-electron chi connectivity index (χ0n) is 12.7. The zero-order chi connectivity index (χ0) is 15.7. The SMILES string of the molecule is COc1ccc(CCC(=O)NCCNC(C)=O)cc1OC. The second kappa shape index (κ2) is 8.84. The molecule has 1 rings (SSSR count). The van der Waals surface area contributed by atoms with Crippen molar-refractivity contribution in [1.29, 1.82) is 0 Å². The number of nitrogens with one attached hydrogen (secondary N) is 2. The summed E-state index contributed by atoms with van der Waals surface area (Å²) in [5.41, 5.74) is 1.00. The van der Waals surface area contributed by atoms with Crippen LogP contribution in [0.4, 0.5) is 0 Å². The lowest BCUT2D eigenvalue weighted by Gasteiger charge is -2.10. The molecule has 6 nitrogen and oxygen atoms in total. The fraction of sp³-hybridized carbons (Fsp3) is 0.467. The van der Waals surface area contributed by atoms with Crippen LogP contribution >= 0.6 is 0 Å². The molecule has 0 unspecified atom stereocenters. The number of ether oxygens (including phenoxy) is 2. The highest BCUT2D eigenvalue weighted by molar-refractivity contribution is 5.76. The molecule has 1 aromatic rings. The Morgan fingerprint density at radius 1 is 1.05 bits per heavy atom. The normalized spacial score (nSPS) is 9.86. The predicted octanol–water partition coefficient (Wildman–Crippen LogP) is 0.889. The molecule has 0 aliphatic heterocycles. The minimum absolute atomic E-state index is 0.0462. The minimum atomic E-state index is -0.102. The van der Waals surface area contributed by atoms with Gasteiger partial charge in [0.25, 0.3) is 0 Å². The van der Waals surface area contributed by atoms with E-state index in [2.05, 4.69) is 10.6 Å². The Bertz CT molecular complexity index is 489. The Morgan fingerprint density at radius 2 is 1.71 bits per heavy atom. The number of hydrogen-bond donors (Lipinski definition) is 2. The predicted molar refractivity (Wildman–Crippen MR) is 79.6 cm³/mol. The molecule has 0 heterocycles. The smallest absolute Gasteiger partial charge is 0.220 e. The van der Waals surface area contributed by atoms with E-state index in [1.165, 1.54) is 6.92 Å². The summed E-state index contributed by atoms with van der Waals surface area (Å²) < 4.78 is 10.4. The van der Waals surface area contributed by atoms with Crippen LogP contribution in [0.3, 0.4) is 0 Å². The van der Waals surface area contributed by atoms with Crippen LogP contribution in [0.2, 0.25) is 0 Å². The van der Waals surface area contributed by atoms with Gasteiger partial charge in [0.15, 0.2) is 11.5 Å². The van der Waals surface area contributed by atoms with Gasteiger partial charge in [-0.05, 0) is 24.1 Å². The van der Waals surface area contributed by atoms with Crippen molar-refractivity contribution in [3.63, 3.8) is 0 Å². The summed E-state index contributed by atoms with van der Waals surface area (Å²) >= 11 is 0. The summed E-state index contributed by atoms with van der Waals surface area (Å²) in [6.45, 7) is 2.32. The summed E-state index contributed by atoms with van der Waals surface area (Å²) in [5.74, 6) is 1.17. The molecule has 0 radical (unpaired) electrons. The van der Waals surface area contributed by atoms with Crippen LogP contribution in [0.1, 0.15) is 18.9 Å². The van der Waals surface area contributed by atoms with Crippen LogP contribution in [-0.2, 0) is 16.0 Å². The molecule has 0 spiro atoms. The topological polar surface area (TPSA) is 76.7 Å². The standard InChI is InChI=1S/C15H22N2O4/c1-11(18)16-8-9-17-15(19)7-5-12-4-6-13(20-2)14(10-12)21-3/h4,6,10H,5,7-9H2,1-3H3,(H,16,18)(H,17,19). The van der Waals surface area contributed by atoms with Gasteiger partial charge in [-0.3, -0.25) is 9.59 Å². The summed E-state index contributed by atoms with van der Waals surface area (Å²) in [4.78, 5) is 22.3. The molecule has 2 amide bonds. The average Bonchev–Trinajstić information content (AvgIpc) is 2.48. The van der Waals surface area contributed by atoms with Gasteiger partial charge in [-0.1, -0.05) is 6.07 Å². The van der Waals surface area contributed by atoms with Gasteiger partial charge < -0.3 is 20.1 Å². The third-order valence-electron chi connectivity index (χ3n) is 2.91. The number of carbonyl (C=O) groups excluding carboxylic acids is 2. The molecule has 0 aromatic heterocycles. The van der Waals surface area contributed by atoms with Crippen molar-refractivity contribution in [2.75, 3.05) is 27.3 Å². The van der Waals surface area contributed by atoms with Crippen LogP contribution in [0.25, 0.3) is 0 Å². The quantitative estimate of drug-likeness (QED) is 0.698. The van der Waals surface area contributed by atoms with Gasteiger partial charge in [0.2, 0.25) is 11.8 Å².